The average molecular weight is 443 g/mol. The van der Waals surface area contributed by atoms with Crippen LogP contribution in [0.25, 0.3) is 0 Å². The molecule has 1 aliphatic rings. The van der Waals surface area contributed by atoms with E-state index in [9.17, 15) is 30.3 Å². The molecule has 0 aliphatic carbocycles. The Kier molecular flexibility index (Phi) is 6.99. The number of aromatic hydroxyl groups is 4. The van der Waals surface area contributed by atoms with Crippen molar-refractivity contribution in [2.45, 2.75) is 46.1 Å². The Morgan fingerprint density at radius 3 is 2.47 bits per heavy atom. The highest BCUT2D eigenvalue weighted by Gasteiger charge is 2.35. The van der Waals surface area contributed by atoms with Gasteiger partial charge in [-0.15, -0.1) is 0 Å². The molecule has 0 aromatic heterocycles. The summed E-state index contributed by atoms with van der Waals surface area (Å²) in [6.07, 6.45) is 2.08. The van der Waals surface area contributed by atoms with Gasteiger partial charge < -0.3 is 30.3 Å². The number of phenols is 4. The second-order valence-electron chi connectivity index (χ2n) is 8.72. The van der Waals surface area contributed by atoms with Gasteiger partial charge in [0.05, 0.1) is 6.42 Å². The van der Waals surface area contributed by atoms with E-state index in [4.69, 9.17) is 4.74 Å². The summed E-state index contributed by atoms with van der Waals surface area (Å²) in [6, 6.07) is 5.17. The van der Waals surface area contributed by atoms with E-state index >= 15 is 0 Å². The van der Waals surface area contributed by atoms with Crippen molar-refractivity contribution in [3.05, 3.63) is 52.6 Å². The number of carbonyl (C=O) groups is 1. The van der Waals surface area contributed by atoms with Crippen molar-refractivity contribution in [3.8, 4) is 28.7 Å². The Morgan fingerprint density at radius 2 is 1.84 bits per heavy atom. The Hall–Kier alpha value is -3.19. The minimum Gasteiger partial charge on any atom is -0.508 e. The van der Waals surface area contributed by atoms with Gasteiger partial charge in [-0.25, -0.2) is 0 Å². The first-order valence-electron chi connectivity index (χ1n) is 10.7. The quantitative estimate of drug-likeness (QED) is 0.403. The fraction of sp³-hybridized carbons (Fsp3) is 0.400. The van der Waals surface area contributed by atoms with Crippen LogP contribution in [0.2, 0.25) is 0 Å². The fourth-order valence-electron chi connectivity index (χ4n) is 4.02. The molecule has 2 unspecified atom stereocenters. The zero-order valence-corrected chi connectivity index (χ0v) is 18.5. The highest BCUT2D eigenvalue weighted by Crippen LogP contribution is 2.47. The van der Waals surface area contributed by atoms with Crippen molar-refractivity contribution in [1.29, 1.82) is 0 Å². The maximum Gasteiger partial charge on any atom is 0.174 e. The van der Waals surface area contributed by atoms with E-state index in [0.717, 1.165) is 17.7 Å². The number of aliphatic hydroxyl groups is 1. The Bertz CT molecular complexity index is 1040. The largest absolute Gasteiger partial charge is 0.508 e. The van der Waals surface area contributed by atoms with E-state index in [0.29, 0.717) is 24.0 Å². The lowest BCUT2D eigenvalue weighted by atomic mass is 9.83. The third kappa shape index (κ3) is 4.83. The number of phenolic OH excluding ortho intramolecular Hbond substituents is 4. The van der Waals surface area contributed by atoms with Gasteiger partial charge in [-0.3, -0.25) is 4.79 Å². The number of fused-ring (bicyclic) bond motifs is 1. The number of ether oxygens (including phenoxy) is 1. The third-order valence-corrected chi connectivity index (χ3v) is 6.00. The molecule has 0 saturated carbocycles. The number of Topliss-reactive ketones (excluding diaryl/α,β-unsaturated/α-hetero) is 1. The van der Waals surface area contributed by atoms with Crippen LogP contribution in [0.3, 0.4) is 0 Å². The Balaban J connectivity index is 2.05. The van der Waals surface area contributed by atoms with E-state index in [1.807, 2.05) is 20.8 Å². The number of rotatable bonds is 7. The molecule has 172 valence electrons. The minimum absolute atomic E-state index is 0.00457. The van der Waals surface area contributed by atoms with Gasteiger partial charge in [0, 0.05) is 29.9 Å². The van der Waals surface area contributed by atoms with Crippen molar-refractivity contribution >= 4 is 5.78 Å². The first-order valence-corrected chi connectivity index (χ1v) is 10.7. The van der Waals surface area contributed by atoms with Crippen LogP contribution in [0.5, 0.6) is 28.7 Å². The van der Waals surface area contributed by atoms with E-state index in [1.165, 1.54) is 12.1 Å². The summed E-state index contributed by atoms with van der Waals surface area (Å²) in [5.41, 5.74) is 1.83. The lowest BCUT2D eigenvalue weighted by molar-refractivity contribution is 0.0837. The topological polar surface area (TPSA) is 127 Å². The number of carbonyl (C=O) groups excluding carboxylic acids is 1. The Morgan fingerprint density at radius 1 is 1.12 bits per heavy atom. The van der Waals surface area contributed by atoms with E-state index in [-0.39, 0.29) is 65.0 Å². The molecule has 0 bridgehead atoms. The molecular weight excluding hydrogens is 412 g/mol. The number of benzene rings is 2. The van der Waals surface area contributed by atoms with Crippen LogP contribution in [0.15, 0.2) is 35.9 Å². The SMILES string of the molecule is CC(C)=CCC(Cc1c(O)cc(O)c2c1O[C@H](c1ccc(O)cc1O)CC2=O)C(C)CO. The molecule has 3 rings (SSSR count). The second-order valence-corrected chi connectivity index (χ2v) is 8.72. The monoisotopic (exact) mass is 442 g/mol. The smallest absolute Gasteiger partial charge is 0.174 e. The van der Waals surface area contributed by atoms with Crippen LogP contribution in [-0.4, -0.2) is 37.9 Å². The summed E-state index contributed by atoms with van der Waals surface area (Å²) in [6.45, 7) is 5.84. The van der Waals surface area contributed by atoms with Gasteiger partial charge in [0.1, 0.15) is 40.4 Å². The molecule has 0 fully saturated rings. The van der Waals surface area contributed by atoms with E-state index < -0.39 is 6.10 Å². The van der Waals surface area contributed by atoms with E-state index in [2.05, 4.69) is 6.08 Å². The molecule has 5 N–H and O–H groups in total. The lowest BCUT2D eigenvalue weighted by Crippen LogP contribution is -2.23. The summed E-state index contributed by atoms with van der Waals surface area (Å²) in [7, 11) is 0. The van der Waals surface area contributed by atoms with Gasteiger partial charge in [0.25, 0.3) is 0 Å². The predicted molar refractivity (Wildman–Crippen MR) is 119 cm³/mol. The number of ketones is 1. The molecule has 0 spiro atoms. The van der Waals surface area contributed by atoms with Crippen LogP contribution < -0.4 is 4.74 Å². The van der Waals surface area contributed by atoms with Gasteiger partial charge in [-0.05, 0) is 50.7 Å². The highest BCUT2D eigenvalue weighted by molar-refractivity contribution is 6.03. The normalized spacial score (nSPS) is 17.2. The fourth-order valence-corrected chi connectivity index (χ4v) is 4.02. The average Bonchev–Trinajstić information content (AvgIpc) is 2.71. The number of hydrogen-bond acceptors (Lipinski definition) is 7. The molecule has 7 nitrogen and oxygen atoms in total. The van der Waals surface area contributed by atoms with Gasteiger partial charge in [-0.2, -0.15) is 0 Å². The highest BCUT2D eigenvalue weighted by atomic mass is 16.5. The molecule has 0 radical (unpaired) electrons. The first kappa shape index (κ1) is 23.5. The van der Waals surface area contributed by atoms with Crippen LogP contribution in [0.4, 0.5) is 0 Å². The van der Waals surface area contributed by atoms with Crippen molar-refractivity contribution in [1.82, 2.24) is 0 Å². The summed E-state index contributed by atoms with van der Waals surface area (Å²) in [5.74, 6) is -1.31. The van der Waals surface area contributed by atoms with E-state index in [1.54, 1.807) is 0 Å². The molecule has 7 heteroatoms. The molecule has 0 amide bonds. The van der Waals surface area contributed by atoms with Crippen LogP contribution in [0, 0.1) is 11.8 Å². The summed E-state index contributed by atoms with van der Waals surface area (Å²) >= 11 is 0. The molecule has 0 saturated heterocycles. The van der Waals surface area contributed by atoms with Gasteiger partial charge in [-0.1, -0.05) is 18.6 Å². The zero-order valence-electron chi connectivity index (χ0n) is 18.5. The molecule has 3 atom stereocenters. The Labute approximate surface area is 187 Å². The molecule has 1 aliphatic heterocycles. The van der Waals surface area contributed by atoms with Gasteiger partial charge in [0.15, 0.2) is 5.78 Å². The van der Waals surface area contributed by atoms with Crippen molar-refractivity contribution in [3.63, 3.8) is 0 Å². The van der Waals surface area contributed by atoms with Gasteiger partial charge in [0.2, 0.25) is 0 Å². The zero-order chi connectivity index (χ0) is 23.6. The number of hydrogen-bond donors (Lipinski definition) is 5. The van der Waals surface area contributed by atoms with Crippen LogP contribution >= 0.6 is 0 Å². The van der Waals surface area contributed by atoms with Crippen molar-refractivity contribution in [2.24, 2.45) is 11.8 Å². The molecule has 1 heterocycles. The standard InChI is InChI=1S/C25H30O7/c1-13(2)4-5-15(14(3)12-26)8-18-20(29)10-21(30)24-22(31)11-23(32-25(18)24)17-7-6-16(27)9-19(17)28/h4,6-7,9-10,14-15,23,26-30H,5,8,11-12H2,1-3H3/t14?,15?,23-/m0/s1. The molecule has 2 aromatic rings. The number of aliphatic hydroxyl groups excluding tert-OH is 1. The molecule has 32 heavy (non-hydrogen) atoms. The summed E-state index contributed by atoms with van der Waals surface area (Å²) in [5, 5.41) is 50.5. The third-order valence-electron chi connectivity index (χ3n) is 6.00. The van der Waals surface area contributed by atoms with Crippen molar-refractivity contribution in [2.75, 3.05) is 6.61 Å². The minimum atomic E-state index is -0.845. The summed E-state index contributed by atoms with van der Waals surface area (Å²) in [4.78, 5) is 12.9. The van der Waals surface area contributed by atoms with Crippen molar-refractivity contribution < 1.29 is 35.1 Å². The van der Waals surface area contributed by atoms with Crippen LogP contribution in [-0.2, 0) is 6.42 Å². The molecule has 2 aromatic carbocycles. The summed E-state index contributed by atoms with van der Waals surface area (Å²) < 4.78 is 6.08. The van der Waals surface area contributed by atoms with Gasteiger partial charge >= 0.3 is 0 Å². The maximum atomic E-state index is 12.9. The second kappa shape index (κ2) is 9.53. The van der Waals surface area contributed by atoms with Crippen LogP contribution in [0.1, 0.15) is 61.2 Å². The predicted octanol–water partition coefficient (Wildman–Crippen LogP) is 4.36. The number of allylic oxidation sites excluding steroid dienone is 2. The first-order chi connectivity index (χ1) is 15.1. The molecular formula is C25H30O7. The maximum absolute atomic E-state index is 12.9. The lowest BCUT2D eigenvalue weighted by Gasteiger charge is -2.30.